The lowest BCUT2D eigenvalue weighted by molar-refractivity contribution is -0.0392. The van der Waals surface area contributed by atoms with Crippen molar-refractivity contribution in [2.45, 2.75) is 25.4 Å². The summed E-state index contributed by atoms with van der Waals surface area (Å²) >= 11 is 6.18. The Morgan fingerprint density at radius 2 is 2.19 bits per heavy atom. The van der Waals surface area contributed by atoms with Gasteiger partial charge in [0.2, 0.25) is 0 Å². The van der Waals surface area contributed by atoms with Gasteiger partial charge in [-0.15, -0.1) is 0 Å². The molecule has 7 heteroatoms. The van der Waals surface area contributed by atoms with Gasteiger partial charge in [-0.1, -0.05) is 11.6 Å². The van der Waals surface area contributed by atoms with E-state index in [1.807, 2.05) is 25.9 Å². The molecular formula is C14H23ClN4O2. The van der Waals surface area contributed by atoms with Gasteiger partial charge >= 0.3 is 0 Å². The predicted molar refractivity (Wildman–Crippen MR) is 81.6 cm³/mol. The van der Waals surface area contributed by atoms with Gasteiger partial charge < -0.3 is 14.9 Å². The molecule has 6 nitrogen and oxygen atoms in total. The highest BCUT2D eigenvalue weighted by Crippen LogP contribution is 2.26. The molecular weight excluding hydrogens is 292 g/mol. The SMILES string of the molecule is Cc1c(Cl)c(C(=O)N2CCCC(O)(CN(C)C)C2)nn1C. The summed E-state index contributed by atoms with van der Waals surface area (Å²) in [5, 5.41) is 15.2. The van der Waals surface area contributed by atoms with Gasteiger partial charge in [0.1, 0.15) is 0 Å². The number of aromatic nitrogens is 2. The molecule has 1 unspecified atom stereocenters. The average molecular weight is 315 g/mol. The summed E-state index contributed by atoms with van der Waals surface area (Å²) in [4.78, 5) is 16.2. The topological polar surface area (TPSA) is 61.6 Å². The summed E-state index contributed by atoms with van der Waals surface area (Å²) in [6, 6.07) is 0. The van der Waals surface area contributed by atoms with Crippen LogP contribution in [0.2, 0.25) is 5.02 Å². The number of likely N-dealkylation sites (tertiary alicyclic amines) is 1. The molecule has 1 aromatic heterocycles. The third kappa shape index (κ3) is 3.39. The van der Waals surface area contributed by atoms with Crippen LogP contribution in [0.5, 0.6) is 0 Å². The van der Waals surface area contributed by atoms with Crippen LogP contribution in [0.15, 0.2) is 0 Å². The maximum Gasteiger partial charge on any atom is 0.276 e. The van der Waals surface area contributed by atoms with Crippen molar-refractivity contribution >= 4 is 17.5 Å². The molecule has 2 heterocycles. The van der Waals surface area contributed by atoms with Crippen LogP contribution in [0.1, 0.15) is 29.0 Å². The second kappa shape index (κ2) is 5.94. The van der Waals surface area contributed by atoms with Gasteiger partial charge in [0.25, 0.3) is 5.91 Å². The second-order valence-electron chi connectivity index (χ2n) is 6.16. The van der Waals surface area contributed by atoms with Crippen LogP contribution in [0.4, 0.5) is 0 Å². The summed E-state index contributed by atoms with van der Waals surface area (Å²) in [6.07, 6.45) is 1.48. The Labute approximate surface area is 130 Å². The lowest BCUT2D eigenvalue weighted by Crippen LogP contribution is -2.54. The first-order valence-corrected chi connectivity index (χ1v) is 7.47. The van der Waals surface area contributed by atoms with Crippen molar-refractivity contribution in [3.8, 4) is 0 Å². The van der Waals surface area contributed by atoms with Crippen LogP contribution in [0.25, 0.3) is 0 Å². The summed E-state index contributed by atoms with van der Waals surface area (Å²) < 4.78 is 1.60. The summed E-state index contributed by atoms with van der Waals surface area (Å²) in [5.74, 6) is -0.208. The van der Waals surface area contributed by atoms with Crippen molar-refractivity contribution in [2.24, 2.45) is 7.05 Å². The number of rotatable bonds is 3. The van der Waals surface area contributed by atoms with Crippen molar-refractivity contribution in [1.82, 2.24) is 19.6 Å². The number of amides is 1. The van der Waals surface area contributed by atoms with Gasteiger partial charge in [-0.05, 0) is 33.9 Å². The van der Waals surface area contributed by atoms with E-state index < -0.39 is 5.60 Å². The number of halogens is 1. The minimum Gasteiger partial charge on any atom is -0.387 e. The molecule has 1 aliphatic rings. The Morgan fingerprint density at radius 3 is 2.71 bits per heavy atom. The molecule has 1 saturated heterocycles. The van der Waals surface area contributed by atoms with Gasteiger partial charge in [-0.2, -0.15) is 5.10 Å². The van der Waals surface area contributed by atoms with E-state index >= 15 is 0 Å². The molecule has 0 bridgehead atoms. The third-order valence-electron chi connectivity index (χ3n) is 3.92. The fraction of sp³-hybridized carbons (Fsp3) is 0.714. The number of aliphatic hydroxyl groups is 1. The van der Waals surface area contributed by atoms with Crippen LogP contribution in [-0.4, -0.2) is 69.9 Å². The standard InChI is InChI=1S/C14H23ClN4O2/c1-10-11(15)12(16-18(10)4)13(20)19-7-5-6-14(21,9-19)8-17(2)3/h21H,5-9H2,1-4H3. The molecule has 0 aliphatic carbocycles. The molecule has 21 heavy (non-hydrogen) atoms. The van der Waals surface area contributed by atoms with Crippen molar-refractivity contribution < 1.29 is 9.90 Å². The third-order valence-corrected chi connectivity index (χ3v) is 4.37. The van der Waals surface area contributed by atoms with Gasteiger partial charge in [0.05, 0.1) is 22.9 Å². The van der Waals surface area contributed by atoms with E-state index in [0.717, 1.165) is 12.1 Å². The van der Waals surface area contributed by atoms with E-state index in [4.69, 9.17) is 11.6 Å². The molecule has 1 N–H and O–H groups in total. The van der Waals surface area contributed by atoms with Gasteiger partial charge in [0, 0.05) is 20.1 Å². The van der Waals surface area contributed by atoms with E-state index in [2.05, 4.69) is 5.10 Å². The number of nitrogens with zero attached hydrogens (tertiary/aromatic N) is 4. The molecule has 1 amide bonds. The molecule has 1 aliphatic heterocycles. The molecule has 0 aromatic carbocycles. The van der Waals surface area contributed by atoms with Crippen LogP contribution in [0, 0.1) is 6.92 Å². The Hall–Kier alpha value is -1.11. The lowest BCUT2D eigenvalue weighted by Gasteiger charge is -2.40. The van der Waals surface area contributed by atoms with E-state index in [1.165, 1.54) is 0 Å². The second-order valence-corrected chi connectivity index (χ2v) is 6.54. The van der Waals surface area contributed by atoms with Crippen LogP contribution < -0.4 is 0 Å². The number of piperidine rings is 1. The van der Waals surface area contributed by atoms with E-state index in [-0.39, 0.29) is 11.6 Å². The minimum atomic E-state index is -0.867. The van der Waals surface area contributed by atoms with E-state index in [1.54, 1.807) is 16.6 Å². The van der Waals surface area contributed by atoms with Crippen molar-refractivity contribution in [1.29, 1.82) is 0 Å². The fourth-order valence-corrected chi connectivity index (χ4v) is 3.11. The molecule has 118 valence electrons. The number of hydrogen-bond donors (Lipinski definition) is 1. The van der Waals surface area contributed by atoms with Crippen LogP contribution in [0.3, 0.4) is 0 Å². The first-order chi connectivity index (χ1) is 9.73. The largest absolute Gasteiger partial charge is 0.387 e. The molecule has 1 fully saturated rings. The predicted octanol–water partition coefficient (Wildman–Crippen LogP) is 0.911. The zero-order valence-electron chi connectivity index (χ0n) is 13.1. The van der Waals surface area contributed by atoms with Gasteiger partial charge in [-0.3, -0.25) is 9.48 Å². The first kappa shape index (κ1) is 16.3. The summed E-state index contributed by atoms with van der Waals surface area (Å²) in [6.45, 7) is 3.30. The maximum atomic E-state index is 12.6. The minimum absolute atomic E-state index is 0.208. The van der Waals surface area contributed by atoms with Gasteiger partial charge in [-0.25, -0.2) is 0 Å². The highest BCUT2D eigenvalue weighted by molar-refractivity contribution is 6.34. The molecule has 1 atom stereocenters. The first-order valence-electron chi connectivity index (χ1n) is 7.09. The maximum absolute atomic E-state index is 12.6. The van der Waals surface area contributed by atoms with Crippen LogP contribution in [-0.2, 0) is 7.05 Å². The summed E-state index contributed by atoms with van der Waals surface area (Å²) in [7, 11) is 5.59. The zero-order chi connectivity index (χ0) is 15.8. The smallest absolute Gasteiger partial charge is 0.276 e. The Balaban J connectivity index is 2.17. The van der Waals surface area contributed by atoms with E-state index in [0.29, 0.717) is 31.1 Å². The quantitative estimate of drug-likeness (QED) is 0.901. The number of carbonyl (C=O) groups is 1. The zero-order valence-corrected chi connectivity index (χ0v) is 13.8. The molecule has 1 aromatic rings. The number of hydrogen-bond acceptors (Lipinski definition) is 4. The number of likely N-dealkylation sites (N-methyl/N-ethyl adjacent to an activating group) is 1. The Morgan fingerprint density at radius 1 is 1.52 bits per heavy atom. The lowest BCUT2D eigenvalue weighted by atomic mass is 9.92. The highest BCUT2D eigenvalue weighted by atomic mass is 35.5. The molecule has 2 rings (SSSR count). The van der Waals surface area contributed by atoms with Gasteiger partial charge in [0.15, 0.2) is 5.69 Å². The summed E-state index contributed by atoms with van der Waals surface area (Å²) in [5.41, 5.74) is 0.166. The fourth-order valence-electron chi connectivity index (χ4n) is 2.87. The molecule has 0 radical (unpaired) electrons. The van der Waals surface area contributed by atoms with Crippen molar-refractivity contribution in [3.63, 3.8) is 0 Å². The molecule has 0 spiro atoms. The molecule has 0 saturated carbocycles. The van der Waals surface area contributed by atoms with Crippen LogP contribution >= 0.6 is 11.6 Å². The Bertz CT molecular complexity index is 543. The number of carbonyl (C=O) groups excluding carboxylic acids is 1. The normalized spacial score (nSPS) is 22.9. The average Bonchev–Trinajstić information content (AvgIpc) is 2.64. The highest BCUT2D eigenvalue weighted by Gasteiger charge is 2.37. The number of aryl methyl sites for hydroxylation is 1. The van der Waals surface area contributed by atoms with E-state index in [9.17, 15) is 9.90 Å². The number of β-amino-alcohol motifs (C(OH)–C–C–N with tert-alkyl or cyclic N) is 1. The van der Waals surface area contributed by atoms with Crippen molar-refractivity contribution in [3.05, 3.63) is 16.4 Å². The van der Waals surface area contributed by atoms with Crippen molar-refractivity contribution in [2.75, 3.05) is 33.7 Å². The Kier molecular flexibility index (Phi) is 4.60. The monoisotopic (exact) mass is 314 g/mol.